The van der Waals surface area contributed by atoms with Crippen LogP contribution in [0.4, 0.5) is 4.79 Å². The van der Waals surface area contributed by atoms with Crippen LogP contribution in [0.25, 0.3) is 0 Å². The van der Waals surface area contributed by atoms with Gasteiger partial charge >= 0.3 is 12.0 Å². The second-order valence-corrected chi connectivity index (χ2v) is 5.54. The number of aliphatic hydroxyl groups excluding tert-OH is 1. The fourth-order valence-electron chi connectivity index (χ4n) is 1.60. The van der Waals surface area contributed by atoms with E-state index < -0.39 is 18.1 Å². The molecule has 0 aliphatic heterocycles. The number of urea groups is 1. The van der Waals surface area contributed by atoms with Crippen molar-refractivity contribution < 1.29 is 19.8 Å². The van der Waals surface area contributed by atoms with Crippen molar-refractivity contribution in [3.05, 3.63) is 0 Å². The summed E-state index contributed by atoms with van der Waals surface area (Å²) in [7, 11) is 0. The standard InChI is InChI=1S/C13H26N2O4/c1-4-5-6-7-13(2,3)9-15-12(19)14-8-10(16)11(17)18/h10,16H,4-9H2,1-3H3,(H,17,18)(H2,14,15,19). The molecule has 0 aromatic heterocycles. The molecule has 4 N–H and O–H groups in total. The zero-order valence-corrected chi connectivity index (χ0v) is 12.0. The normalized spacial score (nSPS) is 12.8. The lowest BCUT2D eigenvalue weighted by atomic mass is 9.87. The van der Waals surface area contributed by atoms with Crippen molar-refractivity contribution in [2.75, 3.05) is 13.1 Å². The molecule has 1 unspecified atom stereocenters. The predicted octanol–water partition coefficient (Wildman–Crippen LogP) is 1.34. The van der Waals surface area contributed by atoms with Crippen molar-refractivity contribution in [2.24, 2.45) is 5.41 Å². The largest absolute Gasteiger partial charge is 0.479 e. The molecule has 112 valence electrons. The van der Waals surface area contributed by atoms with E-state index in [2.05, 4.69) is 31.4 Å². The van der Waals surface area contributed by atoms with E-state index in [9.17, 15) is 9.59 Å². The third-order valence-electron chi connectivity index (χ3n) is 2.93. The van der Waals surface area contributed by atoms with Gasteiger partial charge in [0.05, 0.1) is 6.54 Å². The maximum atomic E-state index is 11.4. The molecule has 0 radical (unpaired) electrons. The zero-order chi connectivity index (χ0) is 14.9. The molecule has 0 saturated heterocycles. The van der Waals surface area contributed by atoms with Gasteiger partial charge in [-0.3, -0.25) is 0 Å². The number of amides is 2. The Labute approximate surface area is 114 Å². The minimum Gasteiger partial charge on any atom is -0.479 e. The van der Waals surface area contributed by atoms with Gasteiger partial charge in [-0.25, -0.2) is 9.59 Å². The van der Waals surface area contributed by atoms with E-state index in [4.69, 9.17) is 10.2 Å². The highest BCUT2D eigenvalue weighted by Crippen LogP contribution is 2.22. The maximum Gasteiger partial charge on any atom is 0.334 e. The number of aliphatic hydroxyl groups is 1. The van der Waals surface area contributed by atoms with Gasteiger partial charge in [-0.05, 0) is 11.8 Å². The molecule has 0 aromatic rings. The van der Waals surface area contributed by atoms with E-state index >= 15 is 0 Å². The van der Waals surface area contributed by atoms with Gasteiger partial charge in [-0.1, -0.05) is 40.0 Å². The fourth-order valence-corrected chi connectivity index (χ4v) is 1.60. The van der Waals surface area contributed by atoms with Gasteiger partial charge in [0.1, 0.15) is 0 Å². The van der Waals surface area contributed by atoms with E-state index in [-0.39, 0.29) is 12.0 Å². The first-order valence-electron chi connectivity index (χ1n) is 6.71. The average Bonchev–Trinajstić information content (AvgIpc) is 2.33. The van der Waals surface area contributed by atoms with E-state index in [0.29, 0.717) is 6.54 Å². The Kier molecular flexibility index (Phi) is 8.14. The molecule has 6 nitrogen and oxygen atoms in total. The van der Waals surface area contributed by atoms with Crippen molar-refractivity contribution in [2.45, 2.75) is 52.6 Å². The van der Waals surface area contributed by atoms with Crippen molar-refractivity contribution >= 4 is 12.0 Å². The molecule has 1 atom stereocenters. The van der Waals surface area contributed by atoms with Crippen LogP contribution in [-0.4, -0.2) is 41.4 Å². The van der Waals surface area contributed by atoms with Gasteiger partial charge in [-0.2, -0.15) is 0 Å². The molecule has 0 saturated carbocycles. The third kappa shape index (κ3) is 9.30. The Morgan fingerprint density at radius 3 is 2.37 bits per heavy atom. The molecule has 0 spiro atoms. The minimum absolute atomic E-state index is 0.0118. The summed E-state index contributed by atoms with van der Waals surface area (Å²) in [6.07, 6.45) is 2.93. The summed E-state index contributed by atoms with van der Waals surface area (Å²) in [6.45, 7) is 6.53. The molecular formula is C13H26N2O4. The summed E-state index contributed by atoms with van der Waals surface area (Å²) >= 11 is 0. The molecule has 0 aliphatic carbocycles. The van der Waals surface area contributed by atoms with E-state index in [1.807, 2.05) is 0 Å². The zero-order valence-electron chi connectivity index (χ0n) is 12.0. The number of carbonyl (C=O) groups is 2. The summed E-state index contributed by atoms with van der Waals surface area (Å²) in [4.78, 5) is 21.8. The number of carboxylic acid groups (broad SMARTS) is 1. The molecule has 2 amide bonds. The second kappa shape index (κ2) is 8.74. The third-order valence-corrected chi connectivity index (χ3v) is 2.93. The smallest absolute Gasteiger partial charge is 0.334 e. The lowest BCUT2D eigenvalue weighted by Crippen LogP contribution is -2.44. The first kappa shape index (κ1) is 17.7. The highest BCUT2D eigenvalue weighted by Gasteiger charge is 2.19. The van der Waals surface area contributed by atoms with Crippen molar-refractivity contribution in [3.8, 4) is 0 Å². The summed E-state index contributed by atoms with van der Waals surface area (Å²) in [5, 5.41) is 22.5. The number of hydrogen-bond donors (Lipinski definition) is 4. The summed E-state index contributed by atoms with van der Waals surface area (Å²) in [5.74, 6) is -1.35. The van der Waals surface area contributed by atoms with Crippen molar-refractivity contribution in [3.63, 3.8) is 0 Å². The summed E-state index contributed by atoms with van der Waals surface area (Å²) in [6, 6.07) is -0.455. The van der Waals surface area contributed by atoms with Crippen LogP contribution in [-0.2, 0) is 4.79 Å². The van der Waals surface area contributed by atoms with E-state index in [1.54, 1.807) is 0 Å². The summed E-state index contributed by atoms with van der Waals surface area (Å²) < 4.78 is 0. The van der Waals surface area contributed by atoms with Gasteiger partial charge in [0, 0.05) is 6.54 Å². The SMILES string of the molecule is CCCCCC(C)(C)CNC(=O)NCC(O)C(=O)O. The highest BCUT2D eigenvalue weighted by atomic mass is 16.4. The minimum atomic E-state index is -1.57. The topological polar surface area (TPSA) is 98.7 Å². The number of unbranched alkanes of at least 4 members (excludes halogenated alkanes) is 2. The van der Waals surface area contributed by atoms with Crippen molar-refractivity contribution in [1.82, 2.24) is 10.6 Å². The number of rotatable bonds is 9. The Morgan fingerprint density at radius 2 is 1.84 bits per heavy atom. The molecule has 0 bridgehead atoms. The Bertz CT molecular complexity index is 292. The summed E-state index contributed by atoms with van der Waals surface area (Å²) in [5.41, 5.74) is 0.0118. The van der Waals surface area contributed by atoms with Gasteiger partial charge in [-0.15, -0.1) is 0 Å². The van der Waals surface area contributed by atoms with Crippen LogP contribution in [0.2, 0.25) is 0 Å². The van der Waals surface area contributed by atoms with Gasteiger partial charge in [0.2, 0.25) is 0 Å². The van der Waals surface area contributed by atoms with Gasteiger partial charge in [0.25, 0.3) is 0 Å². The molecule has 6 heteroatoms. The van der Waals surface area contributed by atoms with Gasteiger partial charge < -0.3 is 20.8 Å². The first-order valence-corrected chi connectivity index (χ1v) is 6.71. The Morgan fingerprint density at radius 1 is 1.21 bits per heavy atom. The molecule has 0 rings (SSSR count). The molecule has 0 fully saturated rings. The monoisotopic (exact) mass is 274 g/mol. The molecule has 0 heterocycles. The number of carboxylic acids is 1. The van der Waals surface area contributed by atoms with E-state index in [0.717, 1.165) is 19.3 Å². The highest BCUT2D eigenvalue weighted by molar-refractivity contribution is 5.76. The van der Waals surface area contributed by atoms with E-state index in [1.165, 1.54) is 6.42 Å². The molecule has 0 aromatic carbocycles. The molecule has 0 aliphatic rings. The Balaban J connectivity index is 3.85. The lowest BCUT2D eigenvalue weighted by Gasteiger charge is -2.25. The average molecular weight is 274 g/mol. The van der Waals surface area contributed by atoms with Crippen LogP contribution in [0.1, 0.15) is 46.5 Å². The van der Waals surface area contributed by atoms with Crippen molar-refractivity contribution in [1.29, 1.82) is 0 Å². The predicted molar refractivity (Wildman–Crippen MR) is 73.0 cm³/mol. The van der Waals surface area contributed by atoms with Crippen LogP contribution in [0, 0.1) is 5.41 Å². The first-order chi connectivity index (χ1) is 8.78. The fraction of sp³-hybridized carbons (Fsp3) is 0.846. The lowest BCUT2D eigenvalue weighted by molar-refractivity contribution is -0.146. The quantitative estimate of drug-likeness (QED) is 0.477. The molecule has 19 heavy (non-hydrogen) atoms. The number of nitrogens with one attached hydrogen (secondary N) is 2. The number of aliphatic carboxylic acids is 1. The Hall–Kier alpha value is -1.30. The maximum absolute atomic E-state index is 11.4. The van der Waals surface area contributed by atoms with Gasteiger partial charge in [0.15, 0.2) is 6.10 Å². The van der Waals surface area contributed by atoms with Crippen LogP contribution in [0.15, 0.2) is 0 Å². The second-order valence-electron chi connectivity index (χ2n) is 5.54. The molecular weight excluding hydrogens is 248 g/mol. The van der Waals surface area contributed by atoms with Crippen LogP contribution in [0.5, 0.6) is 0 Å². The van der Waals surface area contributed by atoms with Crippen LogP contribution >= 0.6 is 0 Å². The van der Waals surface area contributed by atoms with Crippen LogP contribution in [0.3, 0.4) is 0 Å². The number of carbonyl (C=O) groups excluding carboxylic acids is 1. The number of hydrogen-bond acceptors (Lipinski definition) is 3. The van der Waals surface area contributed by atoms with Crippen LogP contribution < -0.4 is 10.6 Å².